The smallest absolute Gasteiger partial charge is 0.458 e. The molecule has 328 valence electrons. The lowest BCUT2D eigenvalue weighted by Gasteiger charge is -2.24. The first kappa shape index (κ1) is 54.2. The molecule has 0 heterocycles. The van der Waals surface area contributed by atoms with Crippen molar-refractivity contribution in [2.24, 2.45) is 0 Å². The minimum atomic E-state index is -4.39. The van der Waals surface area contributed by atoms with Crippen molar-refractivity contribution in [2.75, 3.05) is 47.5 Å². The minimum Gasteiger partial charge on any atom is -0.458 e. The van der Waals surface area contributed by atoms with Crippen LogP contribution in [0.2, 0.25) is 0 Å². The molecule has 0 saturated heterocycles. The van der Waals surface area contributed by atoms with Gasteiger partial charge in [-0.2, -0.15) is 0 Å². The second kappa shape index (κ2) is 38.7. The summed E-state index contributed by atoms with van der Waals surface area (Å²) in [5.41, 5.74) is 0. The first-order valence-corrected chi connectivity index (χ1v) is 24.3. The van der Waals surface area contributed by atoms with E-state index in [2.05, 4.69) is 26.0 Å². The number of ether oxygens (including phenoxy) is 2. The first-order valence-electron chi connectivity index (χ1n) is 22.8. The summed E-state index contributed by atoms with van der Waals surface area (Å²) in [5, 5.41) is 0. The molecule has 9 nitrogen and oxygen atoms in total. The number of quaternary nitrogens is 1. The van der Waals surface area contributed by atoms with Crippen LogP contribution < -0.4 is 0 Å². The minimum absolute atomic E-state index is 0.0190. The molecule has 0 aromatic carbocycles. The van der Waals surface area contributed by atoms with Crippen molar-refractivity contribution in [1.82, 2.24) is 0 Å². The van der Waals surface area contributed by atoms with Gasteiger partial charge in [0.25, 0.3) is 0 Å². The van der Waals surface area contributed by atoms with Crippen LogP contribution in [0.1, 0.15) is 194 Å². The van der Waals surface area contributed by atoms with E-state index in [-0.39, 0.29) is 19.6 Å². The van der Waals surface area contributed by atoms with Gasteiger partial charge in [0.2, 0.25) is 0 Å². The molecule has 1 unspecified atom stereocenters. The molecule has 0 bridgehead atoms. The number of phosphoric ester groups is 1. The van der Waals surface area contributed by atoms with E-state index in [1.165, 1.54) is 141 Å². The molecule has 0 rings (SSSR count). The molecule has 0 aromatic heterocycles. The van der Waals surface area contributed by atoms with Crippen molar-refractivity contribution < 1.29 is 42.1 Å². The van der Waals surface area contributed by atoms with Gasteiger partial charge in [-0.1, -0.05) is 173 Å². The van der Waals surface area contributed by atoms with Crippen molar-refractivity contribution in [2.45, 2.75) is 200 Å². The number of allylic oxidation sites excluding steroid dienone is 5. The molecule has 0 aliphatic heterocycles. The zero-order chi connectivity index (χ0) is 41.4. The predicted molar refractivity (Wildman–Crippen MR) is 234 cm³/mol. The number of carbonyl (C=O) groups excluding carboxylic acids is 2. The highest BCUT2D eigenvalue weighted by molar-refractivity contribution is 7.47. The first-order chi connectivity index (χ1) is 27.0. The molecule has 0 aromatic rings. The third-order valence-corrected chi connectivity index (χ3v) is 10.7. The van der Waals surface area contributed by atoms with Crippen LogP contribution in [-0.4, -0.2) is 74.9 Å². The van der Waals surface area contributed by atoms with E-state index < -0.39 is 32.5 Å². The highest BCUT2D eigenvalue weighted by Gasteiger charge is 2.26. The fourth-order valence-electron chi connectivity index (χ4n) is 6.16. The Morgan fingerprint density at radius 1 is 0.589 bits per heavy atom. The van der Waals surface area contributed by atoms with E-state index in [9.17, 15) is 19.0 Å². The number of esters is 2. The Morgan fingerprint density at radius 2 is 1.04 bits per heavy atom. The number of hydrogen-bond donors (Lipinski definition) is 1. The molecule has 0 radical (unpaired) electrons. The molecular weight excluding hydrogens is 725 g/mol. The molecule has 0 amide bonds. The molecule has 2 atom stereocenters. The SMILES string of the molecule is CCCCCC/C=C/CCCCCCCCCCCC(=O)O[C@H](COC(=O)/C=C/C=C/CCCCCCCCCCCCC)COP(=O)(O)OCC[N+](C)(C)C. The summed E-state index contributed by atoms with van der Waals surface area (Å²) in [6.07, 6.45) is 43.9. The van der Waals surface area contributed by atoms with Crippen molar-refractivity contribution >= 4 is 19.8 Å². The lowest BCUT2D eigenvalue weighted by molar-refractivity contribution is -0.870. The number of hydrogen-bond acceptors (Lipinski definition) is 7. The Bertz CT molecular complexity index is 1050. The summed E-state index contributed by atoms with van der Waals surface area (Å²) < 4.78 is 34.1. The third kappa shape index (κ3) is 41.9. The largest absolute Gasteiger partial charge is 0.472 e. The van der Waals surface area contributed by atoms with E-state index >= 15 is 0 Å². The molecule has 1 N–H and O–H groups in total. The van der Waals surface area contributed by atoms with E-state index in [1.807, 2.05) is 33.3 Å². The van der Waals surface area contributed by atoms with Gasteiger partial charge in [-0.25, -0.2) is 9.36 Å². The number of rotatable bonds is 41. The third-order valence-electron chi connectivity index (χ3n) is 9.75. The Labute approximate surface area is 344 Å². The summed E-state index contributed by atoms with van der Waals surface area (Å²) in [5.74, 6) is -1.05. The number of likely N-dealkylation sites (N-methyl/N-ethyl adjacent to an activating group) is 1. The molecule has 0 aliphatic rings. The standard InChI is InChI=1S/C46H86NO8P/c1-6-8-10-12-14-16-18-20-22-23-25-27-29-31-33-35-37-39-46(49)55-44(43-54-56(50,51)53-41-40-47(3,4)5)42-52-45(48)38-36-34-32-30-28-26-24-21-19-17-15-13-11-9-7-2/h16,18,32,34,36,38,44H,6-15,17,19-31,33,35,37,39-43H2,1-5H3/p+1/b18-16+,34-32+,38-36+/t44-/m1/s1. The average molecular weight is 813 g/mol. The summed E-state index contributed by atoms with van der Waals surface area (Å²) >= 11 is 0. The molecular formula is C46H87NO8P+. The molecule has 0 fully saturated rings. The van der Waals surface area contributed by atoms with Crippen molar-refractivity contribution in [3.63, 3.8) is 0 Å². The van der Waals surface area contributed by atoms with Gasteiger partial charge in [-0.05, 0) is 44.9 Å². The fraction of sp³-hybridized carbons (Fsp3) is 0.826. The van der Waals surface area contributed by atoms with Crippen molar-refractivity contribution in [3.8, 4) is 0 Å². The monoisotopic (exact) mass is 813 g/mol. The molecule has 0 aliphatic carbocycles. The Morgan fingerprint density at radius 3 is 1.54 bits per heavy atom. The molecule has 0 spiro atoms. The fourth-order valence-corrected chi connectivity index (χ4v) is 6.90. The average Bonchev–Trinajstić information content (AvgIpc) is 3.15. The summed E-state index contributed by atoms with van der Waals surface area (Å²) in [4.78, 5) is 35.2. The maximum atomic E-state index is 12.7. The van der Waals surface area contributed by atoms with Gasteiger partial charge in [0, 0.05) is 12.5 Å². The Kier molecular flexibility index (Phi) is 37.5. The van der Waals surface area contributed by atoms with E-state index in [0.717, 1.165) is 32.1 Å². The lowest BCUT2D eigenvalue weighted by Crippen LogP contribution is -2.37. The number of carbonyl (C=O) groups is 2. The lowest BCUT2D eigenvalue weighted by atomic mass is 10.1. The Hall–Kier alpha value is -1.77. The Balaban J connectivity index is 4.42. The van der Waals surface area contributed by atoms with Crippen LogP contribution in [0.4, 0.5) is 0 Å². The van der Waals surface area contributed by atoms with E-state index in [4.69, 9.17) is 18.5 Å². The van der Waals surface area contributed by atoms with Gasteiger partial charge < -0.3 is 18.9 Å². The maximum Gasteiger partial charge on any atom is 0.472 e. The topological polar surface area (TPSA) is 108 Å². The van der Waals surface area contributed by atoms with Crippen LogP contribution in [0, 0.1) is 0 Å². The zero-order valence-electron chi connectivity index (χ0n) is 36.9. The maximum absolute atomic E-state index is 12.7. The summed E-state index contributed by atoms with van der Waals surface area (Å²) in [6.45, 7) is 4.29. The number of unbranched alkanes of at least 4 members (excludes halogenated alkanes) is 24. The van der Waals surface area contributed by atoms with Crippen molar-refractivity contribution in [3.05, 3.63) is 36.5 Å². The summed E-state index contributed by atoms with van der Waals surface area (Å²) in [7, 11) is 1.43. The van der Waals surface area contributed by atoms with Gasteiger partial charge >= 0.3 is 19.8 Å². The second-order valence-corrected chi connectivity index (χ2v) is 18.0. The molecule has 0 saturated carbocycles. The molecule has 56 heavy (non-hydrogen) atoms. The normalized spacial score (nSPS) is 13.9. The second-order valence-electron chi connectivity index (χ2n) is 16.5. The van der Waals surface area contributed by atoms with Gasteiger partial charge in [0.05, 0.1) is 27.7 Å². The van der Waals surface area contributed by atoms with Crippen LogP contribution in [0.25, 0.3) is 0 Å². The van der Waals surface area contributed by atoms with Crippen LogP contribution in [-0.2, 0) is 32.7 Å². The highest BCUT2D eigenvalue weighted by Crippen LogP contribution is 2.43. The van der Waals surface area contributed by atoms with E-state index in [1.54, 1.807) is 6.08 Å². The van der Waals surface area contributed by atoms with Crippen LogP contribution in [0.3, 0.4) is 0 Å². The van der Waals surface area contributed by atoms with Gasteiger partial charge in [-0.3, -0.25) is 13.8 Å². The zero-order valence-corrected chi connectivity index (χ0v) is 37.8. The number of nitrogens with zero attached hydrogens (tertiary/aromatic N) is 1. The number of phosphoric acid groups is 1. The van der Waals surface area contributed by atoms with Crippen molar-refractivity contribution in [1.29, 1.82) is 0 Å². The van der Waals surface area contributed by atoms with Crippen LogP contribution in [0.15, 0.2) is 36.5 Å². The summed E-state index contributed by atoms with van der Waals surface area (Å²) in [6, 6.07) is 0. The van der Waals surface area contributed by atoms with Crippen LogP contribution >= 0.6 is 7.82 Å². The molecule has 10 heteroatoms. The quantitative estimate of drug-likeness (QED) is 0.0124. The van der Waals surface area contributed by atoms with E-state index in [0.29, 0.717) is 17.4 Å². The van der Waals surface area contributed by atoms with Gasteiger partial charge in [0.15, 0.2) is 6.10 Å². The van der Waals surface area contributed by atoms with Gasteiger partial charge in [0.1, 0.15) is 19.8 Å². The predicted octanol–water partition coefficient (Wildman–Crippen LogP) is 12.9. The highest BCUT2D eigenvalue weighted by atomic mass is 31.2. The van der Waals surface area contributed by atoms with Gasteiger partial charge in [-0.15, -0.1) is 0 Å². The van der Waals surface area contributed by atoms with Crippen LogP contribution in [0.5, 0.6) is 0 Å².